The summed E-state index contributed by atoms with van der Waals surface area (Å²) in [6, 6.07) is -0.342. The highest BCUT2D eigenvalue weighted by molar-refractivity contribution is 6.04. The number of allylic oxidation sites excluding steroid dienone is 5. The molecule has 100 valence electrons. The summed E-state index contributed by atoms with van der Waals surface area (Å²) in [5.41, 5.74) is 9.01. The Morgan fingerprint density at radius 1 is 1.26 bits per heavy atom. The number of likely N-dealkylation sites (N-methyl/N-ethyl adjacent to an activating group) is 1. The molecule has 0 radical (unpaired) electrons. The van der Waals surface area contributed by atoms with Crippen LogP contribution in [0.15, 0.2) is 52.0 Å². The molecule has 2 atom stereocenters. The van der Waals surface area contributed by atoms with Gasteiger partial charge in [0.05, 0.1) is 0 Å². The van der Waals surface area contributed by atoms with E-state index in [0.29, 0.717) is 0 Å². The predicted octanol–water partition coefficient (Wildman–Crippen LogP) is 1.78. The summed E-state index contributed by atoms with van der Waals surface area (Å²) in [5.74, 6) is 0.637. The minimum absolute atomic E-state index is 0.0318. The molecule has 0 saturated heterocycles. The number of hydrazine groups is 1. The van der Waals surface area contributed by atoms with Gasteiger partial charge in [-0.2, -0.15) is 0 Å². The summed E-state index contributed by atoms with van der Waals surface area (Å²) >= 11 is 0. The molecule has 19 heavy (non-hydrogen) atoms. The van der Waals surface area contributed by atoms with E-state index in [2.05, 4.69) is 15.8 Å². The number of halogens is 1. The molecule has 3 aliphatic rings. The van der Waals surface area contributed by atoms with Crippen LogP contribution in [-0.2, 0) is 0 Å². The Bertz CT molecular complexity index is 568. The minimum atomic E-state index is -0.342. The molecule has 0 amide bonds. The normalized spacial score (nSPS) is 29.7. The van der Waals surface area contributed by atoms with Crippen molar-refractivity contribution in [3.63, 3.8) is 0 Å². The van der Waals surface area contributed by atoms with Gasteiger partial charge in [0.25, 0.3) is 0 Å². The maximum absolute atomic E-state index is 14.1. The molecule has 2 aliphatic heterocycles. The monoisotopic (exact) mass is 260 g/mol. The summed E-state index contributed by atoms with van der Waals surface area (Å²) in [7, 11) is 1.91. The zero-order valence-corrected chi connectivity index (χ0v) is 11.2. The lowest BCUT2D eigenvalue weighted by molar-refractivity contribution is 0.329. The number of nitrogens with one attached hydrogen (secondary N) is 2. The van der Waals surface area contributed by atoms with Crippen molar-refractivity contribution in [3.05, 3.63) is 47.0 Å². The lowest BCUT2D eigenvalue weighted by Gasteiger charge is -2.36. The first-order valence-electron chi connectivity index (χ1n) is 6.36. The lowest BCUT2D eigenvalue weighted by Crippen LogP contribution is -2.40. The molecule has 2 heterocycles. The minimum Gasteiger partial charge on any atom is -0.365 e. The number of amidine groups is 1. The zero-order valence-electron chi connectivity index (χ0n) is 11.2. The van der Waals surface area contributed by atoms with Gasteiger partial charge in [0.15, 0.2) is 0 Å². The van der Waals surface area contributed by atoms with Crippen LogP contribution in [0.2, 0.25) is 0 Å². The van der Waals surface area contributed by atoms with Crippen LogP contribution in [0.25, 0.3) is 0 Å². The number of hydrogen-bond donors (Lipinski definition) is 2. The average molecular weight is 260 g/mol. The van der Waals surface area contributed by atoms with Gasteiger partial charge in [-0.15, -0.1) is 0 Å². The Kier molecular flexibility index (Phi) is 2.78. The Labute approximate surface area is 112 Å². The fourth-order valence-electron chi connectivity index (χ4n) is 2.54. The van der Waals surface area contributed by atoms with E-state index >= 15 is 0 Å². The molecule has 4 nitrogen and oxygen atoms in total. The van der Waals surface area contributed by atoms with E-state index in [1.165, 1.54) is 6.08 Å². The second-order valence-electron chi connectivity index (χ2n) is 5.00. The molecule has 5 heteroatoms. The average Bonchev–Trinajstić information content (AvgIpc) is 2.80. The van der Waals surface area contributed by atoms with Crippen molar-refractivity contribution in [1.29, 1.82) is 0 Å². The first-order valence-corrected chi connectivity index (χ1v) is 6.36. The molecular weight excluding hydrogens is 243 g/mol. The van der Waals surface area contributed by atoms with Crippen molar-refractivity contribution in [3.8, 4) is 0 Å². The van der Waals surface area contributed by atoms with Gasteiger partial charge in [0.2, 0.25) is 0 Å². The van der Waals surface area contributed by atoms with E-state index in [0.717, 1.165) is 22.7 Å². The lowest BCUT2D eigenvalue weighted by atomic mass is 9.88. The highest BCUT2D eigenvalue weighted by Gasteiger charge is 2.33. The van der Waals surface area contributed by atoms with E-state index < -0.39 is 0 Å². The molecule has 0 spiro atoms. The molecule has 0 saturated carbocycles. The summed E-state index contributed by atoms with van der Waals surface area (Å²) in [4.78, 5) is 6.41. The first-order chi connectivity index (χ1) is 9.08. The number of hydrogen-bond acceptors (Lipinski definition) is 4. The quantitative estimate of drug-likeness (QED) is 0.755. The molecule has 0 bridgehead atoms. The molecule has 3 rings (SSSR count). The van der Waals surface area contributed by atoms with Crippen LogP contribution in [0.1, 0.15) is 13.8 Å². The van der Waals surface area contributed by atoms with Gasteiger partial charge in [-0.3, -0.25) is 0 Å². The standard InChI is InChI=1S/C14H17FN4/c1-8-4-5-10-11(14-16-9(2)17-18-14)6-7-12(15)13(10)19(8)3/h4-7,9,13,17H,1-3H3,(H,16,18). The third kappa shape index (κ3) is 1.90. The van der Waals surface area contributed by atoms with Gasteiger partial charge >= 0.3 is 0 Å². The van der Waals surface area contributed by atoms with Gasteiger partial charge in [-0.05, 0) is 37.6 Å². The van der Waals surface area contributed by atoms with Gasteiger partial charge in [0, 0.05) is 18.3 Å². The smallest absolute Gasteiger partial charge is 0.144 e. The zero-order chi connectivity index (χ0) is 13.6. The summed E-state index contributed by atoms with van der Waals surface area (Å²) in [5, 5.41) is 0. The third-order valence-corrected chi connectivity index (χ3v) is 3.70. The molecule has 1 aliphatic carbocycles. The highest BCUT2D eigenvalue weighted by atomic mass is 19.1. The summed E-state index contributed by atoms with van der Waals surface area (Å²) < 4.78 is 14.1. The van der Waals surface area contributed by atoms with Crippen molar-refractivity contribution in [2.24, 2.45) is 4.99 Å². The highest BCUT2D eigenvalue weighted by Crippen LogP contribution is 2.34. The number of nitrogens with zero attached hydrogens (tertiary/aromatic N) is 2. The van der Waals surface area contributed by atoms with Gasteiger partial charge in [-0.25, -0.2) is 14.8 Å². The van der Waals surface area contributed by atoms with Gasteiger partial charge in [0.1, 0.15) is 23.9 Å². The number of aliphatic imine (C=N–C) groups is 1. The van der Waals surface area contributed by atoms with Crippen molar-refractivity contribution in [1.82, 2.24) is 15.8 Å². The Morgan fingerprint density at radius 2 is 2.05 bits per heavy atom. The molecule has 0 aromatic heterocycles. The second kappa shape index (κ2) is 4.35. The predicted molar refractivity (Wildman–Crippen MR) is 73.8 cm³/mol. The SMILES string of the molecule is CC1=CC=C2C(C3=NC(C)NN3)=CC=C(F)C2N1C. The fraction of sp³-hybridized carbons (Fsp3) is 0.357. The molecular formula is C14H17FN4. The molecule has 0 fully saturated rings. The van der Waals surface area contributed by atoms with Crippen LogP contribution >= 0.6 is 0 Å². The number of fused-ring (bicyclic) bond motifs is 1. The molecule has 2 unspecified atom stereocenters. The van der Waals surface area contributed by atoms with Crippen LogP contribution in [-0.4, -0.2) is 30.0 Å². The first kappa shape index (κ1) is 12.2. The summed E-state index contributed by atoms with van der Waals surface area (Å²) in [6.45, 7) is 3.94. The van der Waals surface area contributed by atoms with Crippen LogP contribution < -0.4 is 10.9 Å². The molecule has 0 aromatic carbocycles. The fourth-order valence-corrected chi connectivity index (χ4v) is 2.54. The van der Waals surface area contributed by atoms with Crippen molar-refractivity contribution in [2.45, 2.75) is 26.1 Å². The van der Waals surface area contributed by atoms with Crippen molar-refractivity contribution < 1.29 is 4.39 Å². The molecule has 2 N–H and O–H groups in total. The van der Waals surface area contributed by atoms with Crippen molar-refractivity contribution >= 4 is 5.84 Å². The topological polar surface area (TPSA) is 39.7 Å². The van der Waals surface area contributed by atoms with Gasteiger partial charge < -0.3 is 10.3 Å². The Balaban J connectivity index is 2.05. The van der Waals surface area contributed by atoms with Crippen LogP contribution in [0.5, 0.6) is 0 Å². The van der Waals surface area contributed by atoms with E-state index in [1.807, 2.05) is 37.9 Å². The maximum Gasteiger partial charge on any atom is 0.144 e. The summed E-state index contributed by atoms with van der Waals surface area (Å²) in [6.07, 6.45) is 7.32. The Morgan fingerprint density at radius 3 is 2.74 bits per heavy atom. The molecule has 0 aromatic rings. The third-order valence-electron chi connectivity index (χ3n) is 3.70. The van der Waals surface area contributed by atoms with Crippen molar-refractivity contribution in [2.75, 3.05) is 7.05 Å². The second-order valence-corrected chi connectivity index (χ2v) is 5.00. The van der Waals surface area contributed by atoms with Crippen LogP contribution in [0, 0.1) is 0 Å². The van der Waals surface area contributed by atoms with Gasteiger partial charge in [-0.1, -0.05) is 6.08 Å². The Hall–Kier alpha value is -1.88. The maximum atomic E-state index is 14.1. The van der Waals surface area contributed by atoms with E-state index in [1.54, 1.807) is 6.08 Å². The largest absolute Gasteiger partial charge is 0.365 e. The van der Waals surface area contributed by atoms with E-state index in [-0.39, 0.29) is 18.0 Å². The number of rotatable bonds is 1. The van der Waals surface area contributed by atoms with E-state index in [9.17, 15) is 4.39 Å². The van der Waals surface area contributed by atoms with Crippen LogP contribution in [0.4, 0.5) is 4.39 Å². The van der Waals surface area contributed by atoms with E-state index in [4.69, 9.17) is 0 Å². The van der Waals surface area contributed by atoms with Crippen LogP contribution in [0.3, 0.4) is 0 Å².